The van der Waals surface area contributed by atoms with E-state index in [4.69, 9.17) is 5.73 Å². The molecule has 0 aliphatic rings. The summed E-state index contributed by atoms with van der Waals surface area (Å²) < 4.78 is 1.91. The standard InChI is InChI=1S/C13H17N5OS/c1-3-4-7-20-13-17-16-12(18(13)2)10-6-5-9(8-15-10)11(14)19/h5-6,8H,3-4,7H2,1-2H3,(H2,14,19). The van der Waals surface area contributed by atoms with Crippen LogP contribution in [0.3, 0.4) is 0 Å². The topological polar surface area (TPSA) is 86.7 Å². The summed E-state index contributed by atoms with van der Waals surface area (Å²) in [6.07, 6.45) is 3.77. The lowest BCUT2D eigenvalue weighted by atomic mass is 10.2. The van der Waals surface area contributed by atoms with Gasteiger partial charge in [0.1, 0.15) is 5.69 Å². The van der Waals surface area contributed by atoms with E-state index in [1.165, 1.54) is 6.20 Å². The van der Waals surface area contributed by atoms with Crippen molar-refractivity contribution in [1.82, 2.24) is 19.7 Å². The van der Waals surface area contributed by atoms with Gasteiger partial charge in [-0.05, 0) is 18.6 Å². The van der Waals surface area contributed by atoms with Crippen LogP contribution in [0.5, 0.6) is 0 Å². The lowest BCUT2D eigenvalue weighted by molar-refractivity contribution is 0.1000. The molecule has 0 unspecified atom stereocenters. The summed E-state index contributed by atoms with van der Waals surface area (Å²) in [5, 5.41) is 9.19. The van der Waals surface area contributed by atoms with Crippen LogP contribution in [0, 0.1) is 0 Å². The van der Waals surface area contributed by atoms with Gasteiger partial charge < -0.3 is 10.3 Å². The van der Waals surface area contributed by atoms with Gasteiger partial charge in [-0.1, -0.05) is 25.1 Å². The molecular formula is C13H17N5OS. The molecule has 106 valence electrons. The first-order valence-electron chi connectivity index (χ1n) is 6.42. The Kier molecular flexibility index (Phi) is 4.73. The first-order valence-corrected chi connectivity index (χ1v) is 7.40. The summed E-state index contributed by atoms with van der Waals surface area (Å²) in [5.41, 5.74) is 6.25. The van der Waals surface area contributed by atoms with Crippen molar-refractivity contribution in [2.24, 2.45) is 12.8 Å². The molecule has 2 aromatic heterocycles. The second-order valence-electron chi connectivity index (χ2n) is 4.36. The number of hydrogen-bond donors (Lipinski definition) is 1. The van der Waals surface area contributed by atoms with Crippen molar-refractivity contribution in [3.05, 3.63) is 23.9 Å². The average Bonchev–Trinajstić information content (AvgIpc) is 2.81. The molecule has 7 heteroatoms. The predicted molar refractivity (Wildman–Crippen MR) is 78.4 cm³/mol. The Morgan fingerprint density at radius 2 is 2.20 bits per heavy atom. The third kappa shape index (κ3) is 3.16. The zero-order valence-corrected chi connectivity index (χ0v) is 12.4. The number of unbranched alkanes of at least 4 members (excludes halogenated alkanes) is 1. The first kappa shape index (κ1) is 14.5. The Hall–Kier alpha value is -1.89. The molecule has 0 fully saturated rings. The number of nitrogens with zero attached hydrogens (tertiary/aromatic N) is 4. The van der Waals surface area contributed by atoms with Crippen LogP contribution in [0.2, 0.25) is 0 Å². The summed E-state index contributed by atoms with van der Waals surface area (Å²) in [6.45, 7) is 2.16. The summed E-state index contributed by atoms with van der Waals surface area (Å²) >= 11 is 1.68. The molecule has 2 heterocycles. The quantitative estimate of drug-likeness (QED) is 0.648. The fraction of sp³-hybridized carbons (Fsp3) is 0.385. The van der Waals surface area contributed by atoms with E-state index in [0.717, 1.165) is 23.8 Å². The first-order chi connectivity index (χ1) is 9.63. The number of aromatic nitrogens is 4. The highest BCUT2D eigenvalue weighted by molar-refractivity contribution is 7.99. The van der Waals surface area contributed by atoms with Gasteiger partial charge >= 0.3 is 0 Å². The molecule has 2 N–H and O–H groups in total. The van der Waals surface area contributed by atoms with Crippen LogP contribution < -0.4 is 5.73 Å². The number of amides is 1. The summed E-state index contributed by atoms with van der Waals surface area (Å²) in [4.78, 5) is 15.2. The van der Waals surface area contributed by atoms with E-state index in [0.29, 0.717) is 17.1 Å². The molecule has 0 spiro atoms. The Morgan fingerprint density at radius 1 is 1.40 bits per heavy atom. The van der Waals surface area contributed by atoms with Crippen LogP contribution in [-0.2, 0) is 7.05 Å². The molecule has 1 amide bonds. The molecule has 0 bridgehead atoms. The summed E-state index contributed by atoms with van der Waals surface area (Å²) in [7, 11) is 1.91. The lowest BCUT2D eigenvalue weighted by Gasteiger charge is -2.03. The minimum absolute atomic E-state index is 0.383. The van der Waals surface area contributed by atoms with Crippen molar-refractivity contribution >= 4 is 17.7 Å². The van der Waals surface area contributed by atoms with Crippen molar-refractivity contribution < 1.29 is 4.79 Å². The Balaban J connectivity index is 2.18. The largest absolute Gasteiger partial charge is 0.366 e. The van der Waals surface area contributed by atoms with E-state index < -0.39 is 5.91 Å². The third-order valence-corrected chi connectivity index (χ3v) is 3.95. The second-order valence-corrected chi connectivity index (χ2v) is 5.43. The third-order valence-electron chi connectivity index (χ3n) is 2.84. The van der Waals surface area contributed by atoms with Crippen LogP contribution in [0.4, 0.5) is 0 Å². The molecule has 20 heavy (non-hydrogen) atoms. The maximum absolute atomic E-state index is 11.0. The molecule has 0 aliphatic carbocycles. The highest BCUT2D eigenvalue weighted by atomic mass is 32.2. The molecular weight excluding hydrogens is 274 g/mol. The van der Waals surface area contributed by atoms with Gasteiger partial charge in [-0.3, -0.25) is 9.78 Å². The molecule has 6 nitrogen and oxygen atoms in total. The van der Waals surface area contributed by atoms with Gasteiger partial charge in [0.05, 0.1) is 5.56 Å². The van der Waals surface area contributed by atoms with Crippen molar-refractivity contribution in [3.63, 3.8) is 0 Å². The Bertz CT molecular complexity index is 593. The normalized spacial score (nSPS) is 10.7. The molecule has 0 saturated carbocycles. The van der Waals surface area contributed by atoms with Crippen LogP contribution in [-0.4, -0.2) is 31.4 Å². The highest BCUT2D eigenvalue weighted by Crippen LogP contribution is 2.22. The number of carbonyl (C=O) groups excluding carboxylic acids is 1. The van der Waals surface area contributed by atoms with Crippen molar-refractivity contribution in [2.45, 2.75) is 24.9 Å². The van der Waals surface area contributed by atoms with Crippen LogP contribution in [0.15, 0.2) is 23.5 Å². The molecule has 0 radical (unpaired) electrons. The van der Waals surface area contributed by atoms with Gasteiger partial charge in [0.2, 0.25) is 5.91 Å². The van der Waals surface area contributed by atoms with Gasteiger partial charge in [0.15, 0.2) is 11.0 Å². The summed E-state index contributed by atoms with van der Waals surface area (Å²) in [5.74, 6) is 1.22. The van der Waals surface area contributed by atoms with E-state index >= 15 is 0 Å². The van der Waals surface area contributed by atoms with E-state index in [9.17, 15) is 4.79 Å². The van der Waals surface area contributed by atoms with Crippen molar-refractivity contribution in [1.29, 1.82) is 0 Å². The predicted octanol–water partition coefficient (Wildman–Crippen LogP) is 1.87. The monoisotopic (exact) mass is 291 g/mol. The van der Waals surface area contributed by atoms with Crippen LogP contribution in [0.1, 0.15) is 30.1 Å². The van der Waals surface area contributed by atoms with E-state index in [2.05, 4.69) is 22.1 Å². The number of nitrogens with two attached hydrogens (primary N) is 1. The maximum Gasteiger partial charge on any atom is 0.250 e. The van der Waals surface area contributed by atoms with Crippen LogP contribution in [0.25, 0.3) is 11.5 Å². The van der Waals surface area contributed by atoms with E-state index in [1.807, 2.05) is 11.6 Å². The Morgan fingerprint density at radius 3 is 2.80 bits per heavy atom. The van der Waals surface area contributed by atoms with Gasteiger partial charge in [-0.15, -0.1) is 10.2 Å². The number of carbonyl (C=O) groups is 1. The molecule has 2 rings (SSSR count). The Labute approximate surface area is 121 Å². The molecule has 2 aromatic rings. The molecule has 0 saturated heterocycles. The maximum atomic E-state index is 11.0. The van der Waals surface area contributed by atoms with E-state index in [-0.39, 0.29) is 0 Å². The minimum Gasteiger partial charge on any atom is -0.366 e. The highest BCUT2D eigenvalue weighted by Gasteiger charge is 2.12. The zero-order chi connectivity index (χ0) is 14.5. The number of hydrogen-bond acceptors (Lipinski definition) is 5. The molecule has 0 aliphatic heterocycles. The fourth-order valence-electron chi connectivity index (χ4n) is 1.64. The number of thioether (sulfide) groups is 1. The lowest BCUT2D eigenvalue weighted by Crippen LogP contribution is -2.11. The fourth-order valence-corrected chi connectivity index (χ4v) is 2.64. The van der Waals surface area contributed by atoms with Crippen molar-refractivity contribution in [2.75, 3.05) is 5.75 Å². The van der Waals surface area contributed by atoms with Gasteiger partial charge in [-0.2, -0.15) is 0 Å². The summed E-state index contributed by atoms with van der Waals surface area (Å²) in [6, 6.07) is 3.37. The zero-order valence-electron chi connectivity index (χ0n) is 11.5. The van der Waals surface area contributed by atoms with Gasteiger partial charge in [0.25, 0.3) is 0 Å². The smallest absolute Gasteiger partial charge is 0.250 e. The van der Waals surface area contributed by atoms with E-state index in [1.54, 1.807) is 23.9 Å². The minimum atomic E-state index is -0.488. The number of primary amides is 1. The molecule has 0 aromatic carbocycles. The number of rotatable bonds is 6. The second kappa shape index (κ2) is 6.51. The van der Waals surface area contributed by atoms with Gasteiger partial charge in [-0.25, -0.2) is 0 Å². The molecule has 0 atom stereocenters. The average molecular weight is 291 g/mol. The SMILES string of the molecule is CCCCSc1nnc(-c2ccc(C(N)=O)cn2)n1C. The number of pyridine rings is 1. The van der Waals surface area contributed by atoms with Crippen LogP contribution >= 0.6 is 11.8 Å². The van der Waals surface area contributed by atoms with Crippen molar-refractivity contribution in [3.8, 4) is 11.5 Å². The van der Waals surface area contributed by atoms with Gasteiger partial charge in [0, 0.05) is 19.0 Å².